The van der Waals surface area contributed by atoms with Crippen LogP contribution in [0.5, 0.6) is 0 Å². The van der Waals surface area contributed by atoms with Crippen molar-refractivity contribution in [1.29, 1.82) is 0 Å². The van der Waals surface area contributed by atoms with Crippen LogP contribution in [-0.2, 0) is 0 Å². The average molecular weight is 341 g/mol. The molecule has 128 valence electrons. The van der Waals surface area contributed by atoms with Crippen LogP contribution in [0.1, 0.15) is 30.6 Å². The molecular formula is C16H25ClN4O2. The van der Waals surface area contributed by atoms with Crippen LogP contribution in [0.15, 0.2) is 24.3 Å². The van der Waals surface area contributed by atoms with Crippen molar-refractivity contribution in [2.75, 3.05) is 25.0 Å². The molecule has 7 heteroatoms. The molecule has 6 nitrogen and oxygen atoms in total. The highest BCUT2D eigenvalue weighted by Gasteiger charge is 2.26. The highest BCUT2D eigenvalue weighted by atomic mass is 35.5. The van der Waals surface area contributed by atoms with Crippen molar-refractivity contribution in [2.45, 2.75) is 26.3 Å². The van der Waals surface area contributed by atoms with Crippen LogP contribution in [0.25, 0.3) is 0 Å². The third-order valence-electron chi connectivity index (χ3n) is 3.69. The monoisotopic (exact) mass is 340 g/mol. The van der Waals surface area contributed by atoms with Crippen LogP contribution in [0.4, 0.5) is 10.5 Å². The van der Waals surface area contributed by atoms with E-state index in [1.807, 2.05) is 18.7 Å². The lowest BCUT2D eigenvalue weighted by atomic mass is 10.1. The molecule has 1 unspecified atom stereocenters. The van der Waals surface area contributed by atoms with Crippen LogP contribution >= 0.6 is 12.4 Å². The number of carbonyl (C=O) groups is 2. The van der Waals surface area contributed by atoms with Gasteiger partial charge in [0.25, 0.3) is 5.91 Å². The molecule has 1 aliphatic heterocycles. The van der Waals surface area contributed by atoms with Gasteiger partial charge in [0.15, 0.2) is 0 Å². The third kappa shape index (κ3) is 5.41. The first-order chi connectivity index (χ1) is 10.5. The van der Waals surface area contributed by atoms with E-state index in [9.17, 15) is 9.59 Å². The number of amides is 3. The van der Waals surface area contributed by atoms with E-state index in [4.69, 9.17) is 5.73 Å². The van der Waals surface area contributed by atoms with Gasteiger partial charge >= 0.3 is 6.03 Å². The van der Waals surface area contributed by atoms with E-state index in [0.29, 0.717) is 30.3 Å². The summed E-state index contributed by atoms with van der Waals surface area (Å²) < 4.78 is 0. The summed E-state index contributed by atoms with van der Waals surface area (Å²) in [6, 6.07) is 6.80. The fraction of sp³-hybridized carbons (Fsp3) is 0.500. The lowest BCUT2D eigenvalue weighted by Gasteiger charge is -2.17. The molecule has 1 aromatic rings. The van der Waals surface area contributed by atoms with Gasteiger partial charge in [-0.3, -0.25) is 4.79 Å². The standard InChI is InChI=1S/C16H24N4O2.ClH/c1-11(2)18-16(22)19-14-5-3-4-13(8-14)15(21)20-7-6-12(9-17)10-20;/h3-5,8,11-12H,6-7,9-10,17H2,1-2H3,(H2,18,19,22);1H. The van der Waals surface area contributed by atoms with E-state index in [1.165, 1.54) is 0 Å². The molecule has 1 aliphatic rings. The molecule has 4 N–H and O–H groups in total. The molecular weight excluding hydrogens is 316 g/mol. The molecule has 0 radical (unpaired) electrons. The number of anilines is 1. The maximum atomic E-state index is 12.5. The summed E-state index contributed by atoms with van der Waals surface area (Å²) >= 11 is 0. The number of hydrogen-bond acceptors (Lipinski definition) is 3. The van der Waals surface area contributed by atoms with Crippen LogP contribution in [0.3, 0.4) is 0 Å². The number of urea groups is 1. The predicted molar refractivity (Wildman–Crippen MR) is 94.0 cm³/mol. The smallest absolute Gasteiger partial charge is 0.319 e. The van der Waals surface area contributed by atoms with Gasteiger partial charge in [-0.05, 0) is 50.9 Å². The molecule has 0 aromatic heterocycles. The Morgan fingerprint density at radius 3 is 2.74 bits per heavy atom. The van der Waals surface area contributed by atoms with Gasteiger partial charge in [0.05, 0.1) is 0 Å². The topological polar surface area (TPSA) is 87.5 Å². The number of benzene rings is 1. The molecule has 1 fully saturated rings. The van der Waals surface area contributed by atoms with Crippen molar-refractivity contribution in [3.05, 3.63) is 29.8 Å². The van der Waals surface area contributed by atoms with Gasteiger partial charge in [-0.1, -0.05) is 6.07 Å². The highest BCUT2D eigenvalue weighted by molar-refractivity contribution is 5.97. The minimum absolute atomic E-state index is 0. The molecule has 2 rings (SSSR count). The second-order valence-corrected chi connectivity index (χ2v) is 5.98. The van der Waals surface area contributed by atoms with E-state index in [0.717, 1.165) is 13.0 Å². The van der Waals surface area contributed by atoms with Crippen molar-refractivity contribution in [3.63, 3.8) is 0 Å². The Balaban J connectivity index is 0.00000264. The van der Waals surface area contributed by atoms with E-state index < -0.39 is 0 Å². The minimum Gasteiger partial charge on any atom is -0.338 e. The first kappa shape index (κ1) is 19.3. The second-order valence-electron chi connectivity index (χ2n) is 5.98. The molecule has 0 bridgehead atoms. The zero-order valence-electron chi connectivity index (χ0n) is 13.5. The molecule has 1 atom stereocenters. The molecule has 1 heterocycles. The largest absolute Gasteiger partial charge is 0.338 e. The normalized spacial score (nSPS) is 16.9. The van der Waals surface area contributed by atoms with Crippen molar-refractivity contribution in [1.82, 2.24) is 10.2 Å². The Labute approximate surface area is 143 Å². The summed E-state index contributed by atoms with van der Waals surface area (Å²) in [4.78, 5) is 26.0. The Morgan fingerprint density at radius 2 is 2.13 bits per heavy atom. The lowest BCUT2D eigenvalue weighted by Crippen LogP contribution is -2.34. The fourth-order valence-corrected chi connectivity index (χ4v) is 2.55. The second kappa shape index (κ2) is 8.74. The van der Waals surface area contributed by atoms with E-state index in [1.54, 1.807) is 24.3 Å². The number of nitrogens with two attached hydrogens (primary N) is 1. The number of nitrogens with zero attached hydrogens (tertiary/aromatic N) is 1. The van der Waals surface area contributed by atoms with Gasteiger partial charge in [0.2, 0.25) is 0 Å². The van der Waals surface area contributed by atoms with Crippen LogP contribution in [0, 0.1) is 5.92 Å². The van der Waals surface area contributed by atoms with Crippen molar-refractivity contribution in [2.24, 2.45) is 11.7 Å². The molecule has 0 spiro atoms. The van der Waals surface area contributed by atoms with Gasteiger partial charge in [0, 0.05) is 30.4 Å². The number of nitrogens with one attached hydrogen (secondary N) is 2. The van der Waals surface area contributed by atoms with E-state index >= 15 is 0 Å². The number of halogens is 1. The fourth-order valence-electron chi connectivity index (χ4n) is 2.55. The molecule has 0 aliphatic carbocycles. The zero-order valence-corrected chi connectivity index (χ0v) is 14.4. The summed E-state index contributed by atoms with van der Waals surface area (Å²) in [5, 5.41) is 5.49. The summed E-state index contributed by atoms with van der Waals surface area (Å²) in [6.07, 6.45) is 0.955. The van der Waals surface area contributed by atoms with Crippen LogP contribution in [0.2, 0.25) is 0 Å². The number of carbonyl (C=O) groups excluding carboxylic acids is 2. The Hall–Kier alpha value is -1.79. The summed E-state index contributed by atoms with van der Waals surface area (Å²) in [6.45, 7) is 5.84. The zero-order chi connectivity index (χ0) is 16.1. The molecule has 23 heavy (non-hydrogen) atoms. The van der Waals surface area contributed by atoms with E-state index in [2.05, 4.69) is 10.6 Å². The third-order valence-corrected chi connectivity index (χ3v) is 3.69. The number of likely N-dealkylation sites (tertiary alicyclic amines) is 1. The average Bonchev–Trinajstić information content (AvgIpc) is 2.94. The number of rotatable bonds is 4. The first-order valence-electron chi connectivity index (χ1n) is 7.66. The van der Waals surface area contributed by atoms with Gasteiger partial charge in [-0.25, -0.2) is 4.79 Å². The quantitative estimate of drug-likeness (QED) is 0.784. The summed E-state index contributed by atoms with van der Waals surface area (Å²) in [5.74, 6) is 0.381. The maximum Gasteiger partial charge on any atom is 0.319 e. The van der Waals surface area contributed by atoms with E-state index in [-0.39, 0.29) is 30.4 Å². The maximum absolute atomic E-state index is 12.5. The SMILES string of the molecule is CC(C)NC(=O)Nc1cccc(C(=O)N2CCC(CN)C2)c1.Cl. The molecule has 3 amide bonds. The van der Waals surface area contributed by atoms with Crippen molar-refractivity contribution in [3.8, 4) is 0 Å². The van der Waals surface area contributed by atoms with Crippen molar-refractivity contribution < 1.29 is 9.59 Å². The Morgan fingerprint density at radius 1 is 1.39 bits per heavy atom. The van der Waals surface area contributed by atoms with Gasteiger partial charge < -0.3 is 21.3 Å². The van der Waals surface area contributed by atoms with Gasteiger partial charge in [-0.2, -0.15) is 0 Å². The first-order valence-corrected chi connectivity index (χ1v) is 7.66. The highest BCUT2D eigenvalue weighted by Crippen LogP contribution is 2.19. The molecule has 1 saturated heterocycles. The van der Waals surface area contributed by atoms with Crippen molar-refractivity contribution >= 4 is 30.0 Å². The van der Waals surface area contributed by atoms with Gasteiger partial charge in [-0.15, -0.1) is 12.4 Å². The lowest BCUT2D eigenvalue weighted by molar-refractivity contribution is 0.0787. The summed E-state index contributed by atoms with van der Waals surface area (Å²) in [7, 11) is 0. The minimum atomic E-state index is -0.274. The van der Waals surface area contributed by atoms with Crippen LogP contribution in [-0.4, -0.2) is 42.5 Å². The molecule has 0 saturated carbocycles. The Bertz CT molecular complexity index is 551. The molecule has 1 aromatic carbocycles. The van der Waals surface area contributed by atoms with Crippen LogP contribution < -0.4 is 16.4 Å². The Kier molecular flexibility index (Phi) is 7.32. The predicted octanol–water partition coefficient (Wildman–Crippen LogP) is 2.06. The summed E-state index contributed by atoms with van der Waals surface area (Å²) in [5.41, 5.74) is 6.85. The number of hydrogen-bond donors (Lipinski definition) is 3. The van der Waals surface area contributed by atoms with Gasteiger partial charge in [0.1, 0.15) is 0 Å².